The Labute approximate surface area is 199 Å². The van der Waals surface area contributed by atoms with Crippen LogP contribution in [0.1, 0.15) is 50.4 Å². The number of likely N-dealkylation sites (tertiary alicyclic amines) is 1. The zero-order valence-electron chi connectivity index (χ0n) is 20.0. The van der Waals surface area contributed by atoms with Crippen LogP contribution >= 0.6 is 0 Å². The zero-order chi connectivity index (χ0) is 24.4. The Kier molecular flexibility index (Phi) is 6.93. The van der Waals surface area contributed by atoms with Gasteiger partial charge in [-0.15, -0.1) is 0 Å². The minimum atomic E-state index is -0.750. The number of Topliss-reactive ketones (excluding diaryl/α,β-unsaturated/α-hetero) is 1. The van der Waals surface area contributed by atoms with Crippen molar-refractivity contribution in [2.24, 2.45) is 0 Å². The molecule has 7 nitrogen and oxygen atoms in total. The molecule has 1 N–H and O–H groups in total. The van der Waals surface area contributed by atoms with Gasteiger partial charge in [-0.25, -0.2) is 0 Å². The highest BCUT2D eigenvalue weighted by Crippen LogP contribution is 2.41. The monoisotopic (exact) mass is 465 g/mol. The Bertz CT molecular complexity index is 1120. The van der Waals surface area contributed by atoms with Crippen LogP contribution in [0.25, 0.3) is 5.76 Å². The molecule has 7 heteroatoms. The molecule has 1 amide bonds. The quantitative estimate of drug-likeness (QED) is 0.356. The van der Waals surface area contributed by atoms with Gasteiger partial charge in [0.05, 0.1) is 30.9 Å². The van der Waals surface area contributed by atoms with Crippen LogP contribution in [0, 0.1) is 0 Å². The fourth-order valence-corrected chi connectivity index (χ4v) is 4.51. The number of amides is 1. The number of fused-ring (bicyclic) bond motifs is 1. The van der Waals surface area contributed by atoms with Gasteiger partial charge in [-0.05, 0) is 69.2 Å². The molecule has 1 fully saturated rings. The third-order valence-corrected chi connectivity index (χ3v) is 5.98. The average Bonchev–Trinajstić information content (AvgIpc) is 3.29. The first-order valence-electron chi connectivity index (χ1n) is 11.7. The predicted molar refractivity (Wildman–Crippen MR) is 128 cm³/mol. The summed E-state index contributed by atoms with van der Waals surface area (Å²) in [6, 6.07) is 11.9. The lowest BCUT2D eigenvalue weighted by atomic mass is 9.94. The summed E-state index contributed by atoms with van der Waals surface area (Å²) in [7, 11) is 0. The molecule has 0 spiro atoms. The highest BCUT2D eigenvalue weighted by Gasteiger charge is 2.46. The molecular weight excluding hydrogens is 434 g/mol. The largest absolute Gasteiger partial charge is 0.507 e. The highest BCUT2D eigenvalue weighted by atomic mass is 16.5. The van der Waals surface area contributed by atoms with Gasteiger partial charge in [0.25, 0.3) is 11.7 Å². The molecule has 2 unspecified atom stereocenters. The van der Waals surface area contributed by atoms with E-state index in [2.05, 4.69) is 0 Å². The smallest absolute Gasteiger partial charge is 0.295 e. The third-order valence-electron chi connectivity index (χ3n) is 5.98. The molecule has 2 aliphatic heterocycles. The topological polar surface area (TPSA) is 85.3 Å². The summed E-state index contributed by atoms with van der Waals surface area (Å²) in [6.07, 6.45) is 0.768. The molecule has 180 valence electrons. The number of ketones is 1. The minimum absolute atomic E-state index is 0.00687. The molecule has 2 heterocycles. The predicted octanol–water partition coefficient (Wildman–Crippen LogP) is 4.26. The van der Waals surface area contributed by atoms with Crippen LogP contribution < -0.4 is 9.47 Å². The number of carbonyl (C=O) groups is 2. The van der Waals surface area contributed by atoms with Crippen molar-refractivity contribution in [1.29, 1.82) is 0 Å². The van der Waals surface area contributed by atoms with Crippen molar-refractivity contribution in [3.05, 3.63) is 64.7 Å². The summed E-state index contributed by atoms with van der Waals surface area (Å²) in [5.41, 5.74) is 2.20. The maximum absolute atomic E-state index is 13.2. The molecule has 2 aliphatic rings. The lowest BCUT2D eigenvalue weighted by Crippen LogP contribution is -2.33. The Balaban J connectivity index is 1.79. The normalized spacial score (nSPS) is 21.1. The van der Waals surface area contributed by atoms with Crippen molar-refractivity contribution in [2.45, 2.75) is 52.4 Å². The van der Waals surface area contributed by atoms with Crippen molar-refractivity contribution < 1.29 is 28.9 Å². The summed E-state index contributed by atoms with van der Waals surface area (Å²) < 4.78 is 17.1. The first-order valence-corrected chi connectivity index (χ1v) is 11.7. The molecule has 2 aromatic rings. The number of ether oxygens (including phenoxy) is 3. The van der Waals surface area contributed by atoms with Gasteiger partial charge in [0, 0.05) is 18.5 Å². The van der Waals surface area contributed by atoms with Crippen molar-refractivity contribution in [1.82, 2.24) is 4.90 Å². The van der Waals surface area contributed by atoms with Gasteiger partial charge < -0.3 is 24.2 Å². The van der Waals surface area contributed by atoms with Crippen molar-refractivity contribution in [3.63, 3.8) is 0 Å². The van der Waals surface area contributed by atoms with Crippen molar-refractivity contribution in [2.75, 3.05) is 19.8 Å². The van der Waals surface area contributed by atoms with E-state index in [1.165, 1.54) is 4.90 Å². The molecular formula is C27H31NO6. The van der Waals surface area contributed by atoms with Crippen LogP contribution in [-0.2, 0) is 20.7 Å². The number of hydrogen-bond donors (Lipinski definition) is 1. The van der Waals surface area contributed by atoms with Crippen molar-refractivity contribution >= 4 is 17.4 Å². The standard InChI is InChI=1S/C27H31NO6/c1-5-32-21-8-6-7-18(15-21)24-23(26(30)27(31)28(24)11-12-33-16(2)3)25(29)19-9-10-22-20(14-19)13-17(4)34-22/h6-10,14-17,24,29H,5,11-13H2,1-4H3/b25-23-. The van der Waals surface area contributed by atoms with E-state index >= 15 is 0 Å². The SMILES string of the molecule is CCOc1cccc(C2/C(=C(/O)c3ccc4c(c3)CC(C)O4)C(=O)C(=O)N2CCOC(C)C)c1. The minimum Gasteiger partial charge on any atom is -0.507 e. The number of nitrogens with zero attached hydrogens (tertiary/aromatic N) is 1. The van der Waals surface area contributed by atoms with E-state index < -0.39 is 17.7 Å². The van der Waals surface area contributed by atoms with E-state index in [0.29, 0.717) is 23.5 Å². The average molecular weight is 466 g/mol. The van der Waals surface area contributed by atoms with Crippen LogP contribution in [-0.4, -0.2) is 53.7 Å². The van der Waals surface area contributed by atoms with Gasteiger partial charge >= 0.3 is 0 Å². The summed E-state index contributed by atoms with van der Waals surface area (Å²) in [5.74, 6) is -0.151. The second-order valence-electron chi connectivity index (χ2n) is 8.87. The number of aliphatic hydroxyl groups excluding tert-OH is 1. The maximum atomic E-state index is 13.2. The first-order chi connectivity index (χ1) is 16.3. The molecule has 4 rings (SSSR count). The Morgan fingerprint density at radius 3 is 2.74 bits per heavy atom. The molecule has 0 bridgehead atoms. The third kappa shape index (κ3) is 4.66. The Morgan fingerprint density at radius 2 is 2.00 bits per heavy atom. The molecule has 0 aliphatic carbocycles. The Morgan fingerprint density at radius 1 is 1.21 bits per heavy atom. The second-order valence-corrected chi connectivity index (χ2v) is 8.87. The van der Waals surface area contributed by atoms with Crippen molar-refractivity contribution in [3.8, 4) is 11.5 Å². The molecule has 2 aromatic carbocycles. The number of aliphatic hydroxyl groups is 1. The van der Waals surface area contributed by atoms with E-state index in [1.54, 1.807) is 12.1 Å². The number of benzene rings is 2. The number of carbonyl (C=O) groups excluding carboxylic acids is 2. The van der Waals surface area contributed by atoms with Crippen LogP contribution in [0.3, 0.4) is 0 Å². The lowest BCUT2D eigenvalue weighted by Gasteiger charge is -2.26. The zero-order valence-corrected chi connectivity index (χ0v) is 20.0. The van der Waals surface area contributed by atoms with Gasteiger partial charge in [0.2, 0.25) is 0 Å². The van der Waals surface area contributed by atoms with Gasteiger partial charge in [0.1, 0.15) is 23.4 Å². The van der Waals surface area contributed by atoms with Gasteiger partial charge in [-0.3, -0.25) is 9.59 Å². The molecule has 0 radical (unpaired) electrons. The fourth-order valence-electron chi connectivity index (χ4n) is 4.51. The number of hydrogen-bond acceptors (Lipinski definition) is 6. The van der Waals surface area contributed by atoms with Crippen LogP contribution in [0.5, 0.6) is 11.5 Å². The maximum Gasteiger partial charge on any atom is 0.295 e. The molecule has 0 saturated carbocycles. The summed E-state index contributed by atoms with van der Waals surface area (Å²) in [4.78, 5) is 27.8. The summed E-state index contributed by atoms with van der Waals surface area (Å²) in [5, 5.41) is 11.3. The fraction of sp³-hybridized carbons (Fsp3) is 0.407. The van der Waals surface area contributed by atoms with Gasteiger partial charge in [0.15, 0.2) is 0 Å². The Hall–Kier alpha value is -3.32. The highest BCUT2D eigenvalue weighted by molar-refractivity contribution is 6.46. The van der Waals surface area contributed by atoms with Crippen LogP contribution in [0.4, 0.5) is 0 Å². The van der Waals surface area contributed by atoms with Gasteiger partial charge in [-0.2, -0.15) is 0 Å². The summed E-state index contributed by atoms with van der Waals surface area (Å²) >= 11 is 0. The van der Waals surface area contributed by atoms with E-state index in [0.717, 1.165) is 17.7 Å². The first kappa shape index (κ1) is 23.8. The molecule has 0 aromatic heterocycles. The van der Waals surface area contributed by atoms with E-state index in [-0.39, 0.29) is 36.7 Å². The van der Waals surface area contributed by atoms with E-state index in [4.69, 9.17) is 14.2 Å². The molecule has 1 saturated heterocycles. The summed E-state index contributed by atoms with van der Waals surface area (Å²) in [6.45, 7) is 8.68. The number of rotatable bonds is 8. The molecule has 2 atom stereocenters. The van der Waals surface area contributed by atoms with E-state index in [9.17, 15) is 14.7 Å². The molecule has 34 heavy (non-hydrogen) atoms. The van der Waals surface area contributed by atoms with Gasteiger partial charge in [-0.1, -0.05) is 12.1 Å². The van der Waals surface area contributed by atoms with Crippen LogP contribution in [0.15, 0.2) is 48.0 Å². The van der Waals surface area contributed by atoms with E-state index in [1.807, 2.05) is 58.0 Å². The lowest BCUT2D eigenvalue weighted by molar-refractivity contribution is -0.140. The van der Waals surface area contributed by atoms with Crippen LogP contribution in [0.2, 0.25) is 0 Å². The second kappa shape index (κ2) is 9.89.